The molecule has 4 rings (SSSR count). The van der Waals surface area contributed by atoms with Gasteiger partial charge in [-0.15, -0.1) is 0 Å². The summed E-state index contributed by atoms with van der Waals surface area (Å²) in [5.74, 6) is -0.636. The number of H-pyrrole nitrogens is 1. The van der Waals surface area contributed by atoms with Crippen LogP contribution in [0.5, 0.6) is 5.75 Å². The largest absolute Gasteiger partial charge is 0.490 e. The van der Waals surface area contributed by atoms with Gasteiger partial charge in [0.1, 0.15) is 17.9 Å². The number of aromatic amines is 1. The Morgan fingerprint density at radius 1 is 0.967 bits per heavy atom. The Labute approximate surface area is 170 Å². The van der Waals surface area contributed by atoms with E-state index in [1.165, 1.54) is 11.1 Å². The van der Waals surface area contributed by atoms with E-state index in [0.29, 0.717) is 24.4 Å². The first-order valence-electron chi connectivity index (χ1n) is 8.48. The molecule has 9 N–H and O–H groups in total. The van der Waals surface area contributed by atoms with Gasteiger partial charge in [0.15, 0.2) is 0 Å². The number of nitrogens with one attached hydrogen (secondary N) is 1. The fourth-order valence-electron chi connectivity index (χ4n) is 3.29. The lowest BCUT2D eigenvalue weighted by Gasteiger charge is -2.28. The highest BCUT2D eigenvalue weighted by Crippen LogP contribution is 2.31. The van der Waals surface area contributed by atoms with E-state index < -0.39 is 12.0 Å². The van der Waals surface area contributed by atoms with Gasteiger partial charge >= 0.3 is 6.18 Å². The van der Waals surface area contributed by atoms with Crippen molar-refractivity contribution in [2.45, 2.75) is 19.1 Å². The quantitative estimate of drug-likeness (QED) is 0.641. The van der Waals surface area contributed by atoms with E-state index in [0.717, 1.165) is 19.5 Å². The van der Waals surface area contributed by atoms with E-state index >= 15 is 0 Å². The third-order valence-electron chi connectivity index (χ3n) is 4.62. The summed E-state index contributed by atoms with van der Waals surface area (Å²) in [5, 5.41) is 0. The van der Waals surface area contributed by atoms with Crippen molar-refractivity contribution in [3.63, 3.8) is 0 Å². The minimum atomic E-state index is -4.50. The van der Waals surface area contributed by atoms with E-state index in [9.17, 15) is 13.2 Å². The zero-order valence-corrected chi connectivity index (χ0v) is 16.0. The lowest BCUT2D eigenvalue weighted by molar-refractivity contribution is -0.144. The summed E-state index contributed by atoms with van der Waals surface area (Å²) in [6, 6.07) is 13.2. The van der Waals surface area contributed by atoms with Crippen molar-refractivity contribution < 1.29 is 39.8 Å². The standard InChI is InChI=1S/C19H18F3N3O.4H2O/c20-19(21,22)18-23-15-6-3-7-16(17(15)24-18)26-11-10-25-9-8-13-4-1-2-5-14(13)12-25;;;;/h1-7H,8-12H2,(H,23,24);4*1H2. The van der Waals surface area contributed by atoms with Gasteiger partial charge in [-0.2, -0.15) is 13.2 Å². The number of hydrogen-bond donors (Lipinski definition) is 1. The third-order valence-corrected chi connectivity index (χ3v) is 4.62. The highest BCUT2D eigenvalue weighted by Gasteiger charge is 2.35. The maximum absolute atomic E-state index is 12.8. The second-order valence-electron chi connectivity index (χ2n) is 6.38. The average Bonchev–Trinajstić information content (AvgIpc) is 3.07. The van der Waals surface area contributed by atoms with Crippen LogP contribution in [-0.2, 0) is 19.1 Å². The van der Waals surface area contributed by atoms with Crippen LogP contribution in [0.4, 0.5) is 13.2 Å². The minimum absolute atomic E-state index is 0. The summed E-state index contributed by atoms with van der Waals surface area (Å²) in [5.41, 5.74) is 3.24. The van der Waals surface area contributed by atoms with Gasteiger partial charge in [-0.3, -0.25) is 4.90 Å². The molecule has 2 heterocycles. The summed E-state index contributed by atoms with van der Waals surface area (Å²) < 4.78 is 44.2. The van der Waals surface area contributed by atoms with Gasteiger partial charge in [-0.05, 0) is 29.7 Å². The zero-order valence-electron chi connectivity index (χ0n) is 16.0. The number of rotatable bonds is 4. The number of imidazole rings is 1. The first-order valence-corrected chi connectivity index (χ1v) is 8.48. The number of fused-ring (bicyclic) bond motifs is 2. The highest BCUT2D eigenvalue weighted by molar-refractivity contribution is 5.81. The van der Waals surface area contributed by atoms with Gasteiger partial charge in [0, 0.05) is 19.6 Å². The molecule has 0 bridgehead atoms. The normalized spacial score (nSPS) is 13.2. The van der Waals surface area contributed by atoms with Crippen LogP contribution in [0, 0.1) is 0 Å². The second-order valence-corrected chi connectivity index (χ2v) is 6.38. The third kappa shape index (κ3) is 5.68. The monoisotopic (exact) mass is 433 g/mol. The number of benzene rings is 2. The average molecular weight is 433 g/mol. The molecule has 0 spiro atoms. The van der Waals surface area contributed by atoms with Crippen LogP contribution in [0.15, 0.2) is 42.5 Å². The Kier molecular flexibility index (Phi) is 9.92. The van der Waals surface area contributed by atoms with Crippen molar-refractivity contribution in [1.82, 2.24) is 14.9 Å². The number of nitrogens with zero attached hydrogens (tertiary/aromatic N) is 2. The minimum Gasteiger partial charge on any atom is -0.490 e. The Morgan fingerprint density at radius 2 is 1.67 bits per heavy atom. The Morgan fingerprint density at radius 3 is 2.37 bits per heavy atom. The van der Waals surface area contributed by atoms with Gasteiger partial charge in [0.05, 0.1) is 5.52 Å². The predicted molar refractivity (Wildman–Crippen MR) is 106 cm³/mol. The summed E-state index contributed by atoms with van der Waals surface area (Å²) in [7, 11) is 0. The van der Waals surface area contributed by atoms with Crippen LogP contribution in [0.2, 0.25) is 0 Å². The number of aromatic nitrogens is 2. The smallest absolute Gasteiger partial charge is 0.449 e. The molecule has 11 heteroatoms. The molecule has 0 radical (unpaired) electrons. The van der Waals surface area contributed by atoms with Crippen LogP contribution < -0.4 is 4.74 Å². The van der Waals surface area contributed by atoms with Crippen molar-refractivity contribution in [1.29, 1.82) is 0 Å². The topological polar surface area (TPSA) is 167 Å². The highest BCUT2D eigenvalue weighted by atomic mass is 19.4. The van der Waals surface area contributed by atoms with E-state index in [-0.39, 0.29) is 27.4 Å². The number of para-hydroxylation sites is 1. The Bertz CT molecular complexity index is 933. The van der Waals surface area contributed by atoms with Gasteiger partial charge in [-0.1, -0.05) is 30.3 Å². The second kappa shape index (κ2) is 10.9. The first kappa shape index (κ1) is 27.3. The molecule has 1 aromatic heterocycles. The lowest BCUT2D eigenvalue weighted by Crippen LogP contribution is -2.33. The molecule has 0 fully saturated rings. The van der Waals surface area contributed by atoms with Crippen molar-refractivity contribution in [3.8, 4) is 5.75 Å². The zero-order chi connectivity index (χ0) is 18.1. The number of ether oxygens (including phenoxy) is 1. The van der Waals surface area contributed by atoms with Gasteiger partial charge in [0.25, 0.3) is 0 Å². The predicted octanol–water partition coefficient (Wildman–Crippen LogP) is 0.720. The molecular formula is C19H26F3N3O5. The SMILES string of the molecule is FC(F)(F)c1nc2c(OCCN3CCc4ccccc4C3)cccc2[nH]1.O.O.O.O. The van der Waals surface area contributed by atoms with Crippen molar-refractivity contribution >= 4 is 11.0 Å². The van der Waals surface area contributed by atoms with E-state index in [4.69, 9.17) is 4.74 Å². The van der Waals surface area contributed by atoms with E-state index in [1.807, 2.05) is 6.07 Å². The molecule has 30 heavy (non-hydrogen) atoms. The molecule has 1 aliphatic rings. The van der Waals surface area contributed by atoms with Crippen molar-refractivity contribution in [2.24, 2.45) is 0 Å². The number of halogens is 3. The molecule has 3 aromatic rings. The first-order chi connectivity index (χ1) is 12.5. The fraction of sp³-hybridized carbons (Fsp3) is 0.316. The molecule has 0 aliphatic carbocycles. The maximum atomic E-state index is 12.8. The van der Waals surface area contributed by atoms with E-state index in [1.54, 1.807) is 18.2 Å². The molecule has 0 amide bonds. The summed E-state index contributed by atoms with van der Waals surface area (Å²) in [4.78, 5) is 8.25. The molecule has 0 unspecified atom stereocenters. The molecular weight excluding hydrogens is 407 g/mol. The summed E-state index contributed by atoms with van der Waals surface area (Å²) in [6.45, 7) is 2.92. The molecule has 2 aromatic carbocycles. The lowest BCUT2D eigenvalue weighted by atomic mass is 10.0. The van der Waals surface area contributed by atoms with Crippen LogP contribution in [0.3, 0.4) is 0 Å². The molecule has 0 atom stereocenters. The molecule has 8 nitrogen and oxygen atoms in total. The fourth-order valence-corrected chi connectivity index (χ4v) is 3.29. The number of alkyl halides is 3. The van der Waals surface area contributed by atoms with Crippen molar-refractivity contribution in [2.75, 3.05) is 19.7 Å². The van der Waals surface area contributed by atoms with Gasteiger partial charge in [0.2, 0.25) is 5.82 Å². The molecule has 168 valence electrons. The van der Waals surface area contributed by atoms with Crippen LogP contribution in [0.1, 0.15) is 17.0 Å². The van der Waals surface area contributed by atoms with Crippen LogP contribution >= 0.6 is 0 Å². The Balaban J connectivity index is 0.00000210. The summed E-state index contributed by atoms with van der Waals surface area (Å²) in [6.07, 6.45) is -3.50. The maximum Gasteiger partial charge on any atom is 0.449 e. The van der Waals surface area contributed by atoms with Crippen LogP contribution in [-0.4, -0.2) is 56.5 Å². The van der Waals surface area contributed by atoms with Gasteiger partial charge in [-0.25, -0.2) is 4.98 Å². The molecule has 0 saturated carbocycles. The van der Waals surface area contributed by atoms with Crippen molar-refractivity contribution in [3.05, 3.63) is 59.4 Å². The summed E-state index contributed by atoms with van der Waals surface area (Å²) >= 11 is 0. The van der Waals surface area contributed by atoms with E-state index in [2.05, 4.69) is 33.1 Å². The number of hydrogen-bond acceptors (Lipinski definition) is 3. The molecule has 0 saturated heterocycles. The van der Waals surface area contributed by atoms with Gasteiger partial charge < -0.3 is 31.6 Å². The van der Waals surface area contributed by atoms with Crippen LogP contribution in [0.25, 0.3) is 11.0 Å². The molecule has 1 aliphatic heterocycles. The Hall–Kier alpha value is -2.70.